The second-order valence-corrected chi connectivity index (χ2v) is 7.90. The molecule has 1 aliphatic rings. The maximum absolute atomic E-state index is 12.8. The molecule has 3 N–H and O–H groups in total. The molecule has 1 aliphatic heterocycles. The smallest absolute Gasteiger partial charge is 0.252 e. The zero-order valence-corrected chi connectivity index (χ0v) is 14.9. The van der Waals surface area contributed by atoms with Crippen LogP contribution < -0.4 is 15.8 Å². The van der Waals surface area contributed by atoms with Gasteiger partial charge in [0, 0.05) is 13.1 Å². The Morgan fingerprint density at radius 3 is 2.58 bits per heavy atom. The average molecular weight is 355 g/mol. The standard InChI is InChI=1S/C16H25N3O4S/c1-18-8-5-12-6-9-19(10-7-12)24(21,22)13-3-4-15(23-2)14(11-13)16(17)20/h3-4,11-12,18H,5-10H2,1-2H3,(H2,17,20). The normalized spacial score (nSPS) is 16.9. The van der Waals surface area contributed by atoms with Crippen LogP contribution in [0.25, 0.3) is 0 Å². The van der Waals surface area contributed by atoms with Crippen LogP contribution in [0.4, 0.5) is 0 Å². The summed E-state index contributed by atoms with van der Waals surface area (Å²) in [7, 11) is -0.308. The first-order chi connectivity index (χ1) is 11.4. The lowest BCUT2D eigenvalue weighted by Gasteiger charge is -2.31. The third-order valence-electron chi connectivity index (χ3n) is 4.45. The predicted molar refractivity (Wildman–Crippen MR) is 91.5 cm³/mol. The fraction of sp³-hybridized carbons (Fsp3) is 0.562. The van der Waals surface area contributed by atoms with Gasteiger partial charge in [-0.2, -0.15) is 4.31 Å². The van der Waals surface area contributed by atoms with Gasteiger partial charge >= 0.3 is 0 Å². The molecule has 24 heavy (non-hydrogen) atoms. The summed E-state index contributed by atoms with van der Waals surface area (Å²) in [4.78, 5) is 11.6. The maximum Gasteiger partial charge on any atom is 0.252 e. The van der Waals surface area contributed by atoms with Gasteiger partial charge in [-0.25, -0.2) is 8.42 Å². The van der Waals surface area contributed by atoms with Crippen LogP contribution in [0, 0.1) is 5.92 Å². The molecule has 1 amide bonds. The van der Waals surface area contributed by atoms with Crippen molar-refractivity contribution < 1.29 is 17.9 Å². The number of rotatable bonds is 7. The summed E-state index contributed by atoms with van der Waals surface area (Å²) < 4.78 is 32.1. The van der Waals surface area contributed by atoms with E-state index in [-0.39, 0.29) is 16.2 Å². The molecule has 1 saturated heterocycles. The van der Waals surface area contributed by atoms with Crippen LogP contribution in [-0.4, -0.2) is 52.4 Å². The van der Waals surface area contributed by atoms with Gasteiger partial charge in [0.1, 0.15) is 5.75 Å². The highest BCUT2D eigenvalue weighted by atomic mass is 32.2. The van der Waals surface area contributed by atoms with Gasteiger partial charge in [0.25, 0.3) is 5.91 Å². The van der Waals surface area contributed by atoms with Crippen molar-refractivity contribution in [2.24, 2.45) is 11.7 Å². The Hall–Kier alpha value is -1.64. The number of sulfonamides is 1. The molecule has 1 aromatic carbocycles. The first kappa shape index (κ1) is 18.7. The number of ether oxygens (including phenoxy) is 1. The molecule has 0 saturated carbocycles. The van der Waals surface area contributed by atoms with Crippen LogP contribution in [0.3, 0.4) is 0 Å². The number of piperidine rings is 1. The Balaban J connectivity index is 2.16. The Morgan fingerprint density at radius 2 is 2.04 bits per heavy atom. The van der Waals surface area contributed by atoms with E-state index >= 15 is 0 Å². The molecule has 8 heteroatoms. The van der Waals surface area contributed by atoms with Crippen LogP contribution in [0.15, 0.2) is 23.1 Å². The molecular formula is C16H25N3O4S. The minimum Gasteiger partial charge on any atom is -0.496 e. The van der Waals surface area contributed by atoms with Crippen molar-refractivity contribution in [3.8, 4) is 5.75 Å². The van der Waals surface area contributed by atoms with Crippen molar-refractivity contribution in [3.63, 3.8) is 0 Å². The zero-order valence-electron chi connectivity index (χ0n) is 14.1. The number of nitrogens with one attached hydrogen (secondary N) is 1. The van der Waals surface area contributed by atoms with Crippen LogP contribution in [0.2, 0.25) is 0 Å². The number of benzene rings is 1. The van der Waals surface area contributed by atoms with Gasteiger partial charge in [-0.3, -0.25) is 4.79 Å². The number of hydrogen-bond acceptors (Lipinski definition) is 5. The van der Waals surface area contributed by atoms with Gasteiger partial charge in [-0.1, -0.05) is 0 Å². The van der Waals surface area contributed by atoms with E-state index in [2.05, 4.69) is 5.32 Å². The van der Waals surface area contributed by atoms with Crippen molar-refractivity contribution in [1.29, 1.82) is 0 Å². The number of carbonyl (C=O) groups is 1. The van der Waals surface area contributed by atoms with E-state index in [1.54, 1.807) is 0 Å². The maximum atomic E-state index is 12.8. The van der Waals surface area contributed by atoms with Crippen molar-refractivity contribution in [2.45, 2.75) is 24.2 Å². The summed E-state index contributed by atoms with van der Waals surface area (Å²) in [6, 6.07) is 4.21. The van der Waals surface area contributed by atoms with E-state index in [4.69, 9.17) is 10.5 Å². The molecular weight excluding hydrogens is 330 g/mol. The molecule has 0 aromatic heterocycles. The van der Waals surface area contributed by atoms with Crippen molar-refractivity contribution in [1.82, 2.24) is 9.62 Å². The quantitative estimate of drug-likeness (QED) is 0.753. The topological polar surface area (TPSA) is 102 Å². The summed E-state index contributed by atoms with van der Waals surface area (Å²) in [6.45, 7) is 1.93. The lowest BCUT2D eigenvalue weighted by Crippen LogP contribution is -2.39. The fourth-order valence-electron chi connectivity index (χ4n) is 2.98. The van der Waals surface area contributed by atoms with Gasteiger partial charge in [0.2, 0.25) is 10.0 Å². The molecule has 7 nitrogen and oxygen atoms in total. The molecule has 1 aromatic rings. The van der Waals surface area contributed by atoms with Crippen LogP contribution in [-0.2, 0) is 10.0 Å². The Bertz CT molecular complexity index is 683. The number of hydrogen-bond donors (Lipinski definition) is 2. The molecule has 0 aliphatic carbocycles. The summed E-state index contributed by atoms with van der Waals surface area (Å²) in [5.74, 6) is 0.0999. The highest BCUT2D eigenvalue weighted by Gasteiger charge is 2.30. The lowest BCUT2D eigenvalue weighted by atomic mass is 9.95. The SMILES string of the molecule is CNCCC1CCN(S(=O)(=O)c2ccc(OC)c(C(N)=O)c2)CC1. The van der Waals surface area contributed by atoms with E-state index in [9.17, 15) is 13.2 Å². The monoisotopic (exact) mass is 355 g/mol. The van der Waals surface area contributed by atoms with E-state index in [0.29, 0.717) is 19.0 Å². The van der Waals surface area contributed by atoms with Gasteiger partial charge in [-0.05, 0) is 57.0 Å². The average Bonchev–Trinajstić information content (AvgIpc) is 2.59. The van der Waals surface area contributed by atoms with Crippen molar-refractivity contribution >= 4 is 15.9 Å². The summed E-state index contributed by atoms with van der Waals surface area (Å²) in [5.41, 5.74) is 5.38. The van der Waals surface area contributed by atoms with Gasteiger partial charge in [-0.15, -0.1) is 0 Å². The van der Waals surface area contributed by atoms with Gasteiger partial charge in [0.05, 0.1) is 17.6 Å². The summed E-state index contributed by atoms with van der Waals surface area (Å²) in [5, 5.41) is 3.12. The first-order valence-corrected chi connectivity index (χ1v) is 9.46. The number of nitrogens with zero attached hydrogens (tertiary/aromatic N) is 1. The molecule has 0 radical (unpaired) electrons. The molecule has 0 spiro atoms. The molecule has 1 fully saturated rings. The van der Waals surface area contributed by atoms with Crippen molar-refractivity contribution in [3.05, 3.63) is 23.8 Å². The second-order valence-electron chi connectivity index (χ2n) is 5.97. The molecule has 0 unspecified atom stereocenters. The number of amides is 1. The molecule has 134 valence electrons. The van der Waals surface area contributed by atoms with Crippen LogP contribution >= 0.6 is 0 Å². The van der Waals surface area contributed by atoms with E-state index in [1.807, 2.05) is 7.05 Å². The van der Waals surface area contributed by atoms with Gasteiger partial charge < -0.3 is 15.8 Å². The second kappa shape index (κ2) is 7.96. The van der Waals surface area contributed by atoms with Crippen LogP contribution in [0.1, 0.15) is 29.6 Å². The zero-order chi connectivity index (χ0) is 17.7. The molecule has 0 atom stereocenters. The third-order valence-corrected chi connectivity index (χ3v) is 6.34. The highest BCUT2D eigenvalue weighted by Crippen LogP contribution is 2.28. The largest absolute Gasteiger partial charge is 0.496 e. The first-order valence-electron chi connectivity index (χ1n) is 8.02. The minimum atomic E-state index is -3.63. The molecule has 0 bridgehead atoms. The van der Waals surface area contributed by atoms with E-state index in [1.165, 1.54) is 29.6 Å². The number of methoxy groups -OCH3 is 1. The number of nitrogens with two attached hydrogens (primary N) is 1. The number of carbonyl (C=O) groups excluding carboxylic acids is 1. The Morgan fingerprint density at radius 1 is 1.38 bits per heavy atom. The fourth-order valence-corrected chi connectivity index (χ4v) is 4.47. The summed E-state index contributed by atoms with van der Waals surface area (Å²) >= 11 is 0. The molecule has 2 rings (SSSR count). The lowest BCUT2D eigenvalue weighted by molar-refractivity contribution is 0.0997. The highest BCUT2D eigenvalue weighted by molar-refractivity contribution is 7.89. The third kappa shape index (κ3) is 4.06. The van der Waals surface area contributed by atoms with E-state index in [0.717, 1.165) is 25.8 Å². The Kier molecular flexibility index (Phi) is 6.20. The van der Waals surface area contributed by atoms with Crippen molar-refractivity contribution in [2.75, 3.05) is 33.8 Å². The molecule has 1 heterocycles. The van der Waals surface area contributed by atoms with Gasteiger partial charge in [0.15, 0.2) is 0 Å². The Labute approximate surface area is 143 Å². The van der Waals surface area contributed by atoms with Crippen LogP contribution in [0.5, 0.6) is 5.75 Å². The van der Waals surface area contributed by atoms with E-state index < -0.39 is 15.9 Å². The predicted octanol–water partition coefficient (Wildman–Crippen LogP) is 0.804. The number of primary amides is 1. The summed E-state index contributed by atoms with van der Waals surface area (Å²) in [6.07, 6.45) is 2.75. The minimum absolute atomic E-state index is 0.0717.